The number of carbonyl (C=O) groups excluding carboxylic acids is 1. The molecule has 1 amide bonds. The van der Waals surface area contributed by atoms with Crippen molar-refractivity contribution in [1.82, 2.24) is 5.43 Å². The van der Waals surface area contributed by atoms with E-state index < -0.39 is 0 Å². The first-order valence-corrected chi connectivity index (χ1v) is 7.70. The van der Waals surface area contributed by atoms with E-state index in [1.807, 2.05) is 25.1 Å². The molecule has 2 rings (SSSR count). The summed E-state index contributed by atoms with van der Waals surface area (Å²) in [5.74, 6) is -0.684. The molecule has 0 heterocycles. The van der Waals surface area contributed by atoms with E-state index in [1.165, 1.54) is 15.9 Å². The molecule has 0 aliphatic carbocycles. The van der Waals surface area contributed by atoms with E-state index in [-0.39, 0.29) is 18.3 Å². The number of hydrogen-bond acceptors (Lipinski definition) is 3. The minimum atomic E-state index is -0.381. The highest BCUT2D eigenvalue weighted by Gasteiger charge is 2.01. The molecular formula is C16H15FIN3O. The molecule has 22 heavy (non-hydrogen) atoms. The molecule has 0 atom stereocenters. The van der Waals surface area contributed by atoms with Gasteiger partial charge in [0, 0.05) is 14.8 Å². The number of nitrogens with zero attached hydrogens (tertiary/aromatic N) is 1. The van der Waals surface area contributed by atoms with Crippen molar-refractivity contribution in [2.75, 3.05) is 11.9 Å². The fourth-order valence-electron chi connectivity index (χ4n) is 1.73. The number of hydrogen-bond donors (Lipinski definition) is 2. The third-order valence-corrected chi connectivity index (χ3v) is 4.12. The zero-order valence-electron chi connectivity index (χ0n) is 11.9. The highest BCUT2D eigenvalue weighted by molar-refractivity contribution is 14.1. The molecule has 0 aliphatic rings. The van der Waals surface area contributed by atoms with Gasteiger partial charge >= 0.3 is 0 Å². The molecule has 6 heteroatoms. The predicted octanol–water partition coefficient (Wildman–Crippen LogP) is 3.30. The van der Waals surface area contributed by atoms with Crippen molar-refractivity contribution in [3.8, 4) is 0 Å². The van der Waals surface area contributed by atoms with E-state index in [9.17, 15) is 9.18 Å². The van der Waals surface area contributed by atoms with Crippen molar-refractivity contribution in [2.45, 2.75) is 6.92 Å². The largest absolute Gasteiger partial charge is 0.376 e. The summed E-state index contributed by atoms with van der Waals surface area (Å²) in [7, 11) is 0. The lowest BCUT2D eigenvalue weighted by molar-refractivity contribution is -0.119. The van der Waals surface area contributed by atoms with Gasteiger partial charge in [-0.25, -0.2) is 9.82 Å². The van der Waals surface area contributed by atoms with Crippen molar-refractivity contribution in [1.29, 1.82) is 0 Å². The summed E-state index contributed by atoms with van der Waals surface area (Å²) < 4.78 is 14.5. The van der Waals surface area contributed by atoms with E-state index in [0.29, 0.717) is 5.56 Å². The molecule has 0 spiro atoms. The van der Waals surface area contributed by atoms with Crippen molar-refractivity contribution >= 4 is 40.4 Å². The van der Waals surface area contributed by atoms with Gasteiger partial charge in [-0.2, -0.15) is 5.10 Å². The first-order valence-electron chi connectivity index (χ1n) is 6.63. The lowest BCUT2D eigenvalue weighted by Gasteiger charge is -2.07. The highest BCUT2D eigenvalue weighted by atomic mass is 127. The highest BCUT2D eigenvalue weighted by Crippen LogP contribution is 2.16. The monoisotopic (exact) mass is 411 g/mol. The predicted molar refractivity (Wildman–Crippen MR) is 94.5 cm³/mol. The number of aryl methyl sites for hydroxylation is 1. The number of benzene rings is 2. The molecule has 0 radical (unpaired) electrons. The lowest BCUT2D eigenvalue weighted by atomic mass is 10.2. The van der Waals surface area contributed by atoms with E-state index in [0.717, 1.165) is 11.3 Å². The van der Waals surface area contributed by atoms with Gasteiger partial charge < -0.3 is 5.32 Å². The molecule has 0 bridgehead atoms. The minimum absolute atomic E-state index is 0.0919. The summed E-state index contributed by atoms with van der Waals surface area (Å²) in [5.41, 5.74) is 4.69. The van der Waals surface area contributed by atoms with Gasteiger partial charge in [0.05, 0.1) is 12.8 Å². The molecule has 2 aromatic rings. The van der Waals surface area contributed by atoms with Crippen LogP contribution in [0.4, 0.5) is 10.1 Å². The fraction of sp³-hybridized carbons (Fsp3) is 0.125. The van der Waals surface area contributed by atoms with E-state index in [2.05, 4.69) is 38.4 Å². The molecule has 2 N–H and O–H groups in total. The van der Waals surface area contributed by atoms with Gasteiger partial charge in [-0.05, 0) is 59.3 Å². The summed E-state index contributed by atoms with van der Waals surface area (Å²) in [6.45, 7) is 2.10. The SMILES string of the molecule is Cc1cc(NCC(=O)N/N=C\c2ccccc2F)ccc1I. The Morgan fingerprint density at radius 3 is 2.82 bits per heavy atom. The number of anilines is 1. The third kappa shape index (κ3) is 4.80. The van der Waals surface area contributed by atoms with E-state index in [4.69, 9.17) is 0 Å². The molecule has 4 nitrogen and oxygen atoms in total. The van der Waals surface area contributed by atoms with Crippen LogP contribution < -0.4 is 10.7 Å². The summed E-state index contributed by atoms with van der Waals surface area (Å²) in [4.78, 5) is 11.7. The van der Waals surface area contributed by atoms with Gasteiger partial charge in [0.2, 0.25) is 0 Å². The van der Waals surface area contributed by atoms with Crippen LogP contribution in [0.25, 0.3) is 0 Å². The Bertz CT molecular complexity index is 704. The van der Waals surface area contributed by atoms with Gasteiger partial charge in [-0.15, -0.1) is 0 Å². The minimum Gasteiger partial charge on any atom is -0.376 e. The van der Waals surface area contributed by atoms with Crippen LogP contribution in [0, 0.1) is 16.3 Å². The van der Waals surface area contributed by atoms with Crippen molar-refractivity contribution in [3.63, 3.8) is 0 Å². The van der Waals surface area contributed by atoms with Crippen molar-refractivity contribution in [2.24, 2.45) is 5.10 Å². The molecule has 0 aromatic heterocycles. The van der Waals surface area contributed by atoms with Crippen LogP contribution in [0.1, 0.15) is 11.1 Å². The van der Waals surface area contributed by atoms with E-state index >= 15 is 0 Å². The Hall–Kier alpha value is -1.96. The molecule has 114 valence electrons. The zero-order chi connectivity index (χ0) is 15.9. The van der Waals surface area contributed by atoms with Crippen LogP contribution in [0.2, 0.25) is 0 Å². The zero-order valence-corrected chi connectivity index (χ0v) is 14.1. The number of amides is 1. The molecule has 0 saturated heterocycles. The van der Waals surface area contributed by atoms with E-state index in [1.54, 1.807) is 18.2 Å². The maximum absolute atomic E-state index is 13.3. The Balaban J connectivity index is 1.83. The molecule has 0 fully saturated rings. The number of nitrogens with one attached hydrogen (secondary N) is 2. The first-order chi connectivity index (χ1) is 10.6. The standard InChI is InChI=1S/C16H15FIN3O/c1-11-8-13(6-7-15(11)18)19-10-16(22)21-20-9-12-4-2-3-5-14(12)17/h2-9,19H,10H2,1H3,(H,21,22)/b20-9-. The Kier molecular flexibility index (Phi) is 5.88. The Morgan fingerprint density at radius 2 is 2.09 bits per heavy atom. The maximum Gasteiger partial charge on any atom is 0.259 e. The summed E-state index contributed by atoms with van der Waals surface area (Å²) in [5, 5.41) is 6.75. The molecule has 0 saturated carbocycles. The topological polar surface area (TPSA) is 53.5 Å². The quantitative estimate of drug-likeness (QED) is 0.451. The van der Waals surface area contributed by atoms with Gasteiger partial charge in [0.1, 0.15) is 5.82 Å². The summed E-state index contributed by atoms with van der Waals surface area (Å²) >= 11 is 2.25. The van der Waals surface area contributed by atoms with Gasteiger partial charge in [0.25, 0.3) is 5.91 Å². The Morgan fingerprint density at radius 1 is 1.32 bits per heavy atom. The van der Waals surface area contributed by atoms with Gasteiger partial charge in [0.15, 0.2) is 0 Å². The van der Waals surface area contributed by atoms with Gasteiger partial charge in [-0.1, -0.05) is 18.2 Å². The second-order valence-corrected chi connectivity index (χ2v) is 5.79. The Labute approximate surface area is 142 Å². The fourth-order valence-corrected chi connectivity index (χ4v) is 2.07. The first kappa shape index (κ1) is 16.4. The maximum atomic E-state index is 13.3. The molecule has 0 aliphatic heterocycles. The second kappa shape index (κ2) is 7.88. The average Bonchev–Trinajstić information content (AvgIpc) is 2.50. The van der Waals surface area contributed by atoms with Crippen LogP contribution in [-0.4, -0.2) is 18.7 Å². The average molecular weight is 411 g/mol. The summed E-state index contributed by atoms with van der Waals surface area (Å²) in [6.07, 6.45) is 1.28. The van der Waals surface area contributed by atoms with Crippen LogP contribution in [0.15, 0.2) is 47.6 Å². The van der Waals surface area contributed by atoms with Crippen LogP contribution >= 0.6 is 22.6 Å². The lowest BCUT2D eigenvalue weighted by Crippen LogP contribution is -2.25. The van der Waals surface area contributed by atoms with Gasteiger partial charge in [-0.3, -0.25) is 4.79 Å². The second-order valence-electron chi connectivity index (χ2n) is 4.63. The molecule has 2 aromatic carbocycles. The van der Waals surface area contributed by atoms with Crippen molar-refractivity contribution < 1.29 is 9.18 Å². The molecular weight excluding hydrogens is 396 g/mol. The number of carbonyl (C=O) groups is 1. The number of halogens is 2. The van der Waals surface area contributed by atoms with Crippen LogP contribution in [0.5, 0.6) is 0 Å². The molecule has 0 unspecified atom stereocenters. The smallest absolute Gasteiger partial charge is 0.259 e. The third-order valence-electron chi connectivity index (χ3n) is 2.91. The normalized spacial score (nSPS) is 10.7. The number of rotatable bonds is 5. The van der Waals surface area contributed by atoms with Crippen molar-refractivity contribution in [3.05, 3.63) is 63.0 Å². The number of hydrazone groups is 1. The van der Waals surface area contributed by atoms with Crippen LogP contribution in [-0.2, 0) is 4.79 Å². The van der Waals surface area contributed by atoms with Crippen LogP contribution in [0.3, 0.4) is 0 Å². The summed E-state index contributed by atoms with van der Waals surface area (Å²) in [6, 6.07) is 12.1.